The van der Waals surface area contributed by atoms with Crippen LogP contribution in [0.25, 0.3) is 22.8 Å². The Balaban J connectivity index is 1.50. The molecule has 0 aliphatic rings. The molecule has 3 aromatic heterocycles. The number of nitro benzene ring substituents is 1. The Morgan fingerprint density at radius 2 is 1.90 bits per heavy atom. The average molecular weight is 421 g/mol. The van der Waals surface area contributed by atoms with Crippen molar-refractivity contribution in [3.8, 4) is 22.8 Å². The van der Waals surface area contributed by atoms with Crippen LogP contribution in [0.2, 0.25) is 0 Å². The molecule has 0 N–H and O–H groups in total. The number of rotatable bonds is 8. The van der Waals surface area contributed by atoms with Crippen molar-refractivity contribution in [2.24, 2.45) is 0 Å². The molecule has 0 radical (unpaired) electrons. The molecule has 4 aromatic rings. The Morgan fingerprint density at radius 3 is 2.60 bits per heavy atom. The van der Waals surface area contributed by atoms with Crippen molar-refractivity contribution in [2.75, 3.05) is 0 Å². The van der Waals surface area contributed by atoms with E-state index in [0.717, 1.165) is 11.4 Å². The van der Waals surface area contributed by atoms with Crippen molar-refractivity contribution in [1.82, 2.24) is 29.9 Å². The molecule has 0 amide bonds. The predicted molar refractivity (Wildman–Crippen MR) is 109 cm³/mol. The summed E-state index contributed by atoms with van der Waals surface area (Å²) < 4.78 is 7.25. The van der Waals surface area contributed by atoms with E-state index in [1.165, 1.54) is 23.9 Å². The van der Waals surface area contributed by atoms with Gasteiger partial charge in [-0.1, -0.05) is 23.0 Å². The lowest BCUT2D eigenvalue weighted by Gasteiger charge is -2.06. The van der Waals surface area contributed by atoms with Crippen LogP contribution in [0.3, 0.4) is 0 Å². The molecule has 10 nitrogen and oxygen atoms in total. The summed E-state index contributed by atoms with van der Waals surface area (Å²) in [5.41, 5.74) is 1.55. The number of hydrogen-bond acceptors (Lipinski definition) is 9. The van der Waals surface area contributed by atoms with Gasteiger partial charge in [0, 0.05) is 42.2 Å². The van der Waals surface area contributed by atoms with Gasteiger partial charge in [-0.25, -0.2) is 0 Å². The van der Waals surface area contributed by atoms with Gasteiger partial charge in [-0.15, -0.1) is 16.8 Å². The third-order valence-electron chi connectivity index (χ3n) is 4.10. The molecule has 30 heavy (non-hydrogen) atoms. The lowest BCUT2D eigenvalue weighted by molar-refractivity contribution is -0.384. The van der Waals surface area contributed by atoms with Gasteiger partial charge in [0.1, 0.15) is 0 Å². The number of non-ortho nitro benzene ring substituents is 1. The van der Waals surface area contributed by atoms with E-state index in [0.29, 0.717) is 34.7 Å². The van der Waals surface area contributed by atoms with E-state index < -0.39 is 4.92 Å². The minimum atomic E-state index is -0.457. The second-order valence-corrected chi connectivity index (χ2v) is 6.99. The van der Waals surface area contributed by atoms with Gasteiger partial charge in [-0.3, -0.25) is 19.7 Å². The lowest BCUT2D eigenvalue weighted by atomic mass is 10.2. The van der Waals surface area contributed by atoms with Crippen LogP contribution in [0.4, 0.5) is 5.69 Å². The minimum Gasteiger partial charge on any atom is -0.338 e. The fraction of sp³-hybridized carbons (Fsp3) is 0.105. The number of aromatic nitrogens is 6. The maximum Gasteiger partial charge on any atom is 0.269 e. The highest BCUT2D eigenvalue weighted by Crippen LogP contribution is 2.27. The van der Waals surface area contributed by atoms with Crippen LogP contribution in [0.1, 0.15) is 5.89 Å². The largest absolute Gasteiger partial charge is 0.338 e. The maximum absolute atomic E-state index is 10.8. The topological polar surface area (TPSA) is 126 Å². The zero-order valence-corrected chi connectivity index (χ0v) is 16.4. The molecule has 0 bridgehead atoms. The second-order valence-electron chi connectivity index (χ2n) is 6.05. The number of nitro groups is 1. The van der Waals surface area contributed by atoms with Crippen molar-refractivity contribution in [2.45, 2.75) is 17.5 Å². The van der Waals surface area contributed by atoms with Gasteiger partial charge < -0.3 is 4.52 Å². The summed E-state index contributed by atoms with van der Waals surface area (Å²) in [5, 5.41) is 24.0. The smallest absolute Gasteiger partial charge is 0.269 e. The van der Waals surface area contributed by atoms with Crippen molar-refractivity contribution < 1.29 is 9.45 Å². The van der Waals surface area contributed by atoms with E-state index in [1.54, 1.807) is 30.6 Å². The van der Waals surface area contributed by atoms with E-state index in [1.807, 2.05) is 16.7 Å². The number of thioether (sulfide) groups is 1. The van der Waals surface area contributed by atoms with Crippen LogP contribution in [0.5, 0.6) is 0 Å². The summed E-state index contributed by atoms with van der Waals surface area (Å²) in [6.07, 6.45) is 5.18. The average Bonchev–Trinajstić information content (AvgIpc) is 3.40. The number of benzene rings is 1. The fourth-order valence-electron chi connectivity index (χ4n) is 2.69. The van der Waals surface area contributed by atoms with Gasteiger partial charge in [-0.05, 0) is 24.3 Å². The Hall–Kier alpha value is -3.86. The van der Waals surface area contributed by atoms with E-state index in [4.69, 9.17) is 4.52 Å². The molecule has 0 fully saturated rings. The standard InChI is InChI=1S/C19H15N7O3S/c1-2-11-25-18(14-7-9-20-10-8-14)22-23-19(25)30-12-16-21-17(24-29-16)13-3-5-15(6-4-13)26(27)28/h2-10H,1,11-12H2. The summed E-state index contributed by atoms with van der Waals surface area (Å²) in [6.45, 7) is 4.35. The van der Waals surface area contributed by atoms with Crippen LogP contribution in [0, 0.1) is 10.1 Å². The molecule has 3 heterocycles. The molecule has 1 aromatic carbocycles. The molecule has 0 saturated carbocycles. The lowest BCUT2D eigenvalue weighted by Crippen LogP contribution is -2.00. The number of hydrogen-bond donors (Lipinski definition) is 0. The van der Waals surface area contributed by atoms with Gasteiger partial charge in [-0.2, -0.15) is 4.98 Å². The highest BCUT2D eigenvalue weighted by Gasteiger charge is 2.16. The van der Waals surface area contributed by atoms with E-state index in [-0.39, 0.29) is 5.69 Å². The molecule has 0 unspecified atom stereocenters. The van der Waals surface area contributed by atoms with Gasteiger partial charge in [0.05, 0.1) is 10.7 Å². The van der Waals surface area contributed by atoms with Gasteiger partial charge in [0.25, 0.3) is 5.69 Å². The zero-order valence-electron chi connectivity index (χ0n) is 15.6. The Morgan fingerprint density at radius 1 is 1.13 bits per heavy atom. The highest BCUT2D eigenvalue weighted by molar-refractivity contribution is 7.98. The maximum atomic E-state index is 10.8. The monoisotopic (exact) mass is 421 g/mol. The molecule has 0 saturated heterocycles. The van der Waals surface area contributed by atoms with Crippen molar-refractivity contribution in [1.29, 1.82) is 0 Å². The first-order valence-electron chi connectivity index (χ1n) is 8.80. The first-order valence-corrected chi connectivity index (χ1v) is 9.79. The Kier molecular flexibility index (Phi) is 5.61. The molecule has 0 aliphatic heterocycles. The number of pyridine rings is 1. The molecular formula is C19H15N7O3S. The molecule has 0 spiro atoms. The van der Waals surface area contributed by atoms with Crippen molar-refractivity contribution in [3.63, 3.8) is 0 Å². The van der Waals surface area contributed by atoms with E-state index >= 15 is 0 Å². The number of nitrogens with zero attached hydrogens (tertiary/aromatic N) is 7. The Labute approximate surface area is 174 Å². The van der Waals surface area contributed by atoms with Gasteiger partial charge in [0.2, 0.25) is 11.7 Å². The summed E-state index contributed by atoms with van der Waals surface area (Å²) in [6, 6.07) is 9.71. The quantitative estimate of drug-likeness (QED) is 0.181. The van der Waals surface area contributed by atoms with Crippen LogP contribution < -0.4 is 0 Å². The van der Waals surface area contributed by atoms with Crippen LogP contribution in [-0.2, 0) is 12.3 Å². The predicted octanol–water partition coefficient (Wildman–Crippen LogP) is 3.78. The minimum absolute atomic E-state index is 0.00424. The third-order valence-corrected chi connectivity index (χ3v) is 5.05. The Bertz CT molecular complexity index is 1170. The van der Waals surface area contributed by atoms with Gasteiger partial charge >= 0.3 is 0 Å². The van der Waals surface area contributed by atoms with E-state index in [2.05, 4.69) is 31.9 Å². The van der Waals surface area contributed by atoms with Crippen molar-refractivity contribution >= 4 is 17.4 Å². The number of allylic oxidation sites excluding steroid dienone is 1. The highest BCUT2D eigenvalue weighted by atomic mass is 32.2. The van der Waals surface area contributed by atoms with Crippen LogP contribution in [-0.4, -0.2) is 34.8 Å². The summed E-state index contributed by atoms with van der Waals surface area (Å²) in [7, 11) is 0. The molecular weight excluding hydrogens is 406 g/mol. The molecule has 0 aliphatic carbocycles. The molecule has 0 atom stereocenters. The molecule has 4 rings (SSSR count). The SMILES string of the molecule is C=CCn1c(SCc2nc(-c3ccc([N+](=O)[O-])cc3)no2)nnc1-c1ccncc1. The summed E-state index contributed by atoms with van der Waals surface area (Å²) in [4.78, 5) is 18.7. The van der Waals surface area contributed by atoms with E-state index in [9.17, 15) is 10.1 Å². The van der Waals surface area contributed by atoms with Crippen LogP contribution >= 0.6 is 11.8 Å². The zero-order chi connectivity index (χ0) is 20.9. The summed E-state index contributed by atoms with van der Waals surface area (Å²) >= 11 is 1.41. The fourth-order valence-corrected chi connectivity index (χ4v) is 3.48. The first kappa shape index (κ1) is 19.5. The third kappa shape index (κ3) is 4.10. The van der Waals surface area contributed by atoms with Crippen molar-refractivity contribution in [3.05, 3.63) is 77.5 Å². The molecule has 11 heteroatoms. The summed E-state index contributed by atoms with van der Waals surface area (Å²) in [5.74, 6) is 1.89. The molecule has 150 valence electrons. The second kappa shape index (κ2) is 8.66. The first-order chi connectivity index (χ1) is 14.7. The van der Waals surface area contributed by atoms with Crippen LogP contribution in [0.15, 0.2) is 71.1 Å². The van der Waals surface area contributed by atoms with Gasteiger partial charge in [0.15, 0.2) is 11.0 Å². The normalized spacial score (nSPS) is 10.8.